The number of hydrogen-bond acceptors (Lipinski definition) is 6. The maximum Gasteiger partial charge on any atom is 0.329 e. The van der Waals surface area contributed by atoms with Gasteiger partial charge >= 0.3 is 16.2 Å². The fourth-order valence-electron chi connectivity index (χ4n) is 5.22. The van der Waals surface area contributed by atoms with Crippen LogP contribution in [0.4, 0.5) is 4.79 Å². The zero-order chi connectivity index (χ0) is 24.1. The minimum atomic E-state index is -3.87. The smallest absolute Gasteiger partial charge is 0.329 e. The third-order valence-electron chi connectivity index (χ3n) is 7.12. The van der Waals surface area contributed by atoms with Crippen LogP contribution in [0.1, 0.15) is 42.5 Å². The predicted molar refractivity (Wildman–Crippen MR) is 126 cm³/mol. The van der Waals surface area contributed by atoms with Crippen molar-refractivity contribution in [2.45, 2.75) is 32.1 Å². The molecular formula is C23H33N5O5S. The maximum absolute atomic E-state index is 12.6. The summed E-state index contributed by atoms with van der Waals surface area (Å²) in [7, 11) is -2.40. The van der Waals surface area contributed by atoms with E-state index in [9.17, 15) is 18.0 Å². The van der Waals surface area contributed by atoms with Crippen molar-refractivity contribution < 1.29 is 22.7 Å². The number of nitrogens with one attached hydrogen (secondary N) is 3. The third kappa shape index (κ3) is 5.87. The van der Waals surface area contributed by atoms with E-state index < -0.39 is 16.2 Å². The average Bonchev–Trinajstić information content (AvgIpc) is 3.46. The maximum atomic E-state index is 12.6. The van der Waals surface area contributed by atoms with Gasteiger partial charge in [0.25, 0.3) is 5.91 Å². The van der Waals surface area contributed by atoms with Crippen molar-refractivity contribution in [2.75, 3.05) is 33.3 Å². The molecule has 3 N–H and O–H groups in total. The summed E-state index contributed by atoms with van der Waals surface area (Å²) in [6, 6.07) is 2.67. The summed E-state index contributed by atoms with van der Waals surface area (Å²) in [5, 5.41) is 5.61. The van der Waals surface area contributed by atoms with Crippen molar-refractivity contribution in [2.24, 2.45) is 23.7 Å². The second-order valence-corrected chi connectivity index (χ2v) is 11.0. The summed E-state index contributed by atoms with van der Waals surface area (Å²) in [6.07, 6.45) is 10.3. The zero-order valence-corrected chi connectivity index (χ0v) is 20.2. The molecule has 186 valence electrons. The normalized spacial score (nSPS) is 24.7. The molecule has 1 aliphatic heterocycles. The largest absolute Gasteiger partial charge is 0.480 e. The number of rotatable bonds is 9. The van der Waals surface area contributed by atoms with Crippen LogP contribution in [0.25, 0.3) is 0 Å². The standard InChI is InChI=1S/C23H33N5O5S/c1-33-22-20(3-2-9-25-22)21(29)24-10-6-16-7-11-28(12-8-16)34(31,32)27-23(30)26-15-19-14-17-4-5-18(19)13-17/h2-5,9,16-19H,6-8,10-15H2,1H3,(H,24,29)(H2,26,27,30)/t17-,18-,19+/m0/s1. The van der Waals surface area contributed by atoms with E-state index in [0.29, 0.717) is 68.3 Å². The molecule has 10 nitrogen and oxygen atoms in total. The van der Waals surface area contributed by atoms with E-state index in [1.165, 1.54) is 11.4 Å². The number of nitrogens with zero attached hydrogens (tertiary/aromatic N) is 2. The van der Waals surface area contributed by atoms with Gasteiger partial charge in [-0.2, -0.15) is 12.7 Å². The number of hydrogen-bond donors (Lipinski definition) is 3. The van der Waals surface area contributed by atoms with E-state index in [1.807, 2.05) is 0 Å². The SMILES string of the molecule is COc1ncccc1C(=O)NCCC1CCN(S(=O)(=O)NC(=O)NC[C@H]2C[C@H]3C=C[C@H]2C3)CC1. The average molecular weight is 492 g/mol. The summed E-state index contributed by atoms with van der Waals surface area (Å²) in [5.74, 6) is 1.82. The minimum absolute atomic E-state index is 0.248. The Morgan fingerprint density at radius 2 is 1.97 bits per heavy atom. The number of pyridine rings is 1. The fraction of sp³-hybridized carbons (Fsp3) is 0.609. The number of aromatic nitrogens is 1. The van der Waals surface area contributed by atoms with Crippen LogP contribution in [0.3, 0.4) is 0 Å². The molecule has 2 heterocycles. The molecule has 3 atom stereocenters. The van der Waals surface area contributed by atoms with E-state index in [1.54, 1.807) is 18.3 Å². The molecule has 0 unspecified atom stereocenters. The molecule has 1 aromatic heterocycles. The van der Waals surface area contributed by atoms with Gasteiger partial charge in [0.1, 0.15) is 5.56 Å². The number of methoxy groups -OCH3 is 1. The van der Waals surface area contributed by atoms with E-state index in [0.717, 1.165) is 19.3 Å². The summed E-state index contributed by atoms with van der Waals surface area (Å²) in [6.45, 7) is 1.66. The summed E-state index contributed by atoms with van der Waals surface area (Å²) in [4.78, 5) is 28.6. The molecule has 4 rings (SSSR count). The van der Waals surface area contributed by atoms with Gasteiger partial charge in [-0.25, -0.2) is 14.5 Å². The van der Waals surface area contributed by atoms with Crippen LogP contribution >= 0.6 is 0 Å². The first-order valence-corrected chi connectivity index (χ1v) is 13.3. The minimum Gasteiger partial charge on any atom is -0.480 e. The van der Waals surface area contributed by atoms with Crippen molar-refractivity contribution >= 4 is 22.1 Å². The van der Waals surface area contributed by atoms with Gasteiger partial charge in [-0.1, -0.05) is 12.2 Å². The van der Waals surface area contributed by atoms with E-state index in [-0.39, 0.29) is 11.8 Å². The molecule has 3 aliphatic rings. The Labute approximate surface area is 200 Å². The molecule has 11 heteroatoms. The number of amides is 3. The molecule has 34 heavy (non-hydrogen) atoms. The molecule has 1 aromatic rings. The van der Waals surface area contributed by atoms with Gasteiger partial charge < -0.3 is 15.4 Å². The number of fused-ring (bicyclic) bond motifs is 2. The van der Waals surface area contributed by atoms with Gasteiger partial charge in [-0.15, -0.1) is 0 Å². The van der Waals surface area contributed by atoms with Crippen LogP contribution in [0.5, 0.6) is 5.88 Å². The Kier molecular flexibility index (Phi) is 7.72. The summed E-state index contributed by atoms with van der Waals surface area (Å²) < 4.78 is 33.8. The Balaban J connectivity index is 1.15. The van der Waals surface area contributed by atoms with Crippen LogP contribution in [0, 0.1) is 23.7 Å². The molecule has 2 aliphatic carbocycles. The third-order valence-corrected chi connectivity index (χ3v) is 8.61. The number of carbonyl (C=O) groups excluding carboxylic acids is 2. The highest BCUT2D eigenvalue weighted by Gasteiger charge is 2.36. The van der Waals surface area contributed by atoms with Crippen molar-refractivity contribution in [3.8, 4) is 5.88 Å². The van der Waals surface area contributed by atoms with Gasteiger partial charge in [0, 0.05) is 32.4 Å². The van der Waals surface area contributed by atoms with Crippen molar-refractivity contribution in [3.63, 3.8) is 0 Å². The highest BCUT2D eigenvalue weighted by Crippen LogP contribution is 2.42. The van der Waals surface area contributed by atoms with Crippen LogP contribution in [0.2, 0.25) is 0 Å². The molecule has 2 bridgehead atoms. The van der Waals surface area contributed by atoms with Crippen LogP contribution < -0.4 is 20.1 Å². The Bertz CT molecular complexity index is 1020. The summed E-state index contributed by atoms with van der Waals surface area (Å²) >= 11 is 0. The van der Waals surface area contributed by atoms with E-state index >= 15 is 0 Å². The van der Waals surface area contributed by atoms with Gasteiger partial charge in [-0.05, 0) is 67.9 Å². The second-order valence-electron chi connectivity index (χ2n) is 9.30. The molecule has 0 radical (unpaired) electrons. The molecule has 2 fully saturated rings. The van der Waals surface area contributed by atoms with Crippen LogP contribution in [-0.2, 0) is 10.2 Å². The zero-order valence-electron chi connectivity index (χ0n) is 19.4. The lowest BCUT2D eigenvalue weighted by Crippen LogP contribution is -2.50. The number of ether oxygens (including phenoxy) is 1. The lowest BCUT2D eigenvalue weighted by Gasteiger charge is -2.31. The molecule has 0 spiro atoms. The van der Waals surface area contributed by atoms with Crippen molar-refractivity contribution in [1.29, 1.82) is 0 Å². The molecule has 1 saturated carbocycles. The highest BCUT2D eigenvalue weighted by molar-refractivity contribution is 7.87. The first-order chi connectivity index (χ1) is 16.4. The fourth-order valence-corrected chi connectivity index (χ4v) is 6.35. The quantitative estimate of drug-likeness (QED) is 0.451. The van der Waals surface area contributed by atoms with Crippen molar-refractivity contribution in [1.82, 2.24) is 24.6 Å². The Morgan fingerprint density at radius 3 is 2.65 bits per heavy atom. The van der Waals surface area contributed by atoms with E-state index in [2.05, 4.69) is 32.5 Å². The Hall–Kier alpha value is -2.66. The monoisotopic (exact) mass is 491 g/mol. The lowest BCUT2D eigenvalue weighted by molar-refractivity contribution is 0.0946. The van der Waals surface area contributed by atoms with Crippen molar-refractivity contribution in [3.05, 3.63) is 36.0 Å². The van der Waals surface area contributed by atoms with Crippen LogP contribution in [-0.4, -0.2) is 62.9 Å². The lowest BCUT2D eigenvalue weighted by atomic mass is 9.94. The predicted octanol–water partition coefficient (Wildman–Crippen LogP) is 1.68. The first kappa shape index (κ1) is 24.5. The number of allylic oxidation sites excluding steroid dienone is 2. The molecule has 0 aromatic carbocycles. The highest BCUT2D eigenvalue weighted by atomic mass is 32.2. The second kappa shape index (κ2) is 10.7. The van der Waals surface area contributed by atoms with Gasteiger partial charge in [0.05, 0.1) is 7.11 Å². The molecule has 1 saturated heterocycles. The van der Waals surface area contributed by atoms with E-state index in [4.69, 9.17) is 4.74 Å². The first-order valence-electron chi connectivity index (χ1n) is 11.9. The molecule has 3 amide bonds. The summed E-state index contributed by atoms with van der Waals surface area (Å²) in [5.41, 5.74) is 0.382. The van der Waals surface area contributed by atoms with Crippen LogP contribution in [0.15, 0.2) is 30.5 Å². The topological polar surface area (TPSA) is 130 Å². The number of urea groups is 1. The number of piperidine rings is 1. The van der Waals surface area contributed by atoms with Gasteiger partial charge in [-0.3, -0.25) is 4.79 Å². The number of carbonyl (C=O) groups is 2. The van der Waals surface area contributed by atoms with Gasteiger partial charge in [0.2, 0.25) is 5.88 Å². The van der Waals surface area contributed by atoms with Gasteiger partial charge in [0.15, 0.2) is 0 Å². The molecular weight excluding hydrogens is 458 g/mol. The Morgan fingerprint density at radius 1 is 1.18 bits per heavy atom.